The highest BCUT2D eigenvalue weighted by atomic mass is 16.5. The molecule has 0 amide bonds. The summed E-state index contributed by atoms with van der Waals surface area (Å²) in [5.74, 6) is -0.0272. The second kappa shape index (κ2) is 15.4. The van der Waals surface area contributed by atoms with Crippen LogP contribution in [0.3, 0.4) is 0 Å². The van der Waals surface area contributed by atoms with Gasteiger partial charge in [-0.15, -0.1) is 0 Å². The summed E-state index contributed by atoms with van der Waals surface area (Å²) in [6.45, 7) is 9.35. The van der Waals surface area contributed by atoms with Gasteiger partial charge in [0.05, 0.1) is 17.8 Å². The van der Waals surface area contributed by atoms with Crippen molar-refractivity contribution in [2.24, 2.45) is 0 Å². The smallest absolute Gasteiger partial charge is 0.201 e. The Morgan fingerprint density at radius 2 is 1.43 bits per heavy atom. The number of hydrogen-bond donors (Lipinski definition) is 1. The lowest BCUT2D eigenvalue weighted by atomic mass is 9.80. The van der Waals surface area contributed by atoms with Gasteiger partial charge in [-0.1, -0.05) is 57.0 Å². The minimum absolute atomic E-state index is 0.0801. The summed E-state index contributed by atoms with van der Waals surface area (Å²) in [5, 5.41) is 10.9. The Balaban J connectivity index is 1.33. The van der Waals surface area contributed by atoms with Gasteiger partial charge < -0.3 is 19.6 Å². The Morgan fingerprint density at radius 3 is 2.02 bits per heavy atom. The highest BCUT2D eigenvalue weighted by Crippen LogP contribution is 2.39. The van der Waals surface area contributed by atoms with Crippen LogP contribution < -0.4 is 9.80 Å². The van der Waals surface area contributed by atoms with E-state index in [1.54, 1.807) is 0 Å². The number of hydrogen-bond acceptors (Lipinski definition) is 5. The summed E-state index contributed by atoms with van der Waals surface area (Å²) in [7, 11) is 4.10. The predicted molar refractivity (Wildman–Crippen MR) is 175 cm³/mol. The maximum Gasteiger partial charge on any atom is 0.201 e. The van der Waals surface area contributed by atoms with Gasteiger partial charge in [0.2, 0.25) is 5.78 Å². The predicted octanol–water partition coefficient (Wildman–Crippen LogP) is 6.60. The van der Waals surface area contributed by atoms with Crippen LogP contribution in [0.15, 0.2) is 95.8 Å². The normalized spacial score (nSPS) is 14.5. The number of Topliss-reactive ketones (excluding diaryl/α,β-unsaturated/α-hetero) is 1. The van der Waals surface area contributed by atoms with Crippen LogP contribution in [-0.2, 0) is 9.53 Å². The van der Waals surface area contributed by atoms with Gasteiger partial charge in [-0.25, -0.2) is 4.58 Å². The van der Waals surface area contributed by atoms with E-state index >= 15 is 0 Å². The maximum absolute atomic E-state index is 13.1. The summed E-state index contributed by atoms with van der Waals surface area (Å²) in [5.41, 5.74) is 5.68. The fourth-order valence-corrected chi connectivity index (χ4v) is 5.17. The van der Waals surface area contributed by atoms with Gasteiger partial charge in [0, 0.05) is 50.2 Å². The van der Waals surface area contributed by atoms with Crippen LogP contribution in [0.4, 0.5) is 11.4 Å². The van der Waals surface area contributed by atoms with E-state index in [2.05, 4.69) is 59.5 Å². The topological polar surface area (TPSA) is 56.0 Å². The molecule has 6 nitrogen and oxygen atoms in total. The molecular formula is C36H46N3O3+. The van der Waals surface area contributed by atoms with Crippen LogP contribution in [0, 0.1) is 0 Å². The molecule has 0 aliphatic heterocycles. The third kappa shape index (κ3) is 7.68. The van der Waals surface area contributed by atoms with E-state index in [-0.39, 0.29) is 11.5 Å². The molecule has 222 valence electrons. The number of ketones is 1. The van der Waals surface area contributed by atoms with Crippen molar-refractivity contribution in [1.29, 1.82) is 0 Å². The number of nitrogens with zero attached hydrogens (tertiary/aromatic N) is 3. The van der Waals surface area contributed by atoms with Crippen LogP contribution in [-0.4, -0.2) is 74.7 Å². The Bertz CT molecular complexity index is 1340. The molecule has 2 aliphatic carbocycles. The molecule has 0 radical (unpaired) electrons. The number of aliphatic hydroxyl groups excluding tert-OH is 1. The number of allylic oxidation sites excluding steroid dienone is 7. The lowest BCUT2D eigenvalue weighted by Gasteiger charge is -2.26. The van der Waals surface area contributed by atoms with Crippen molar-refractivity contribution in [3.63, 3.8) is 0 Å². The van der Waals surface area contributed by atoms with E-state index in [9.17, 15) is 9.90 Å². The van der Waals surface area contributed by atoms with Crippen LogP contribution in [0.1, 0.15) is 45.1 Å². The molecule has 0 aromatic heterocycles. The molecule has 42 heavy (non-hydrogen) atoms. The van der Waals surface area contributed by atoms with Gasteiger partial charge in [0.15, 0.2) is 12.3 Å². The van der Waals surface area contributed by atoms with Gasteiger partial charge in [-0.3, -0.25) is 4.79 Å². The Kier molecular flexibility index (Phi) is 11.4. The van der Waals surface area contributed by atoms with Gasteiger partial charge in [0.25, 0.3) is 0 Å². The average molecular weight is 569 g/mol. The molecule has 0 bridgehead atoms. The zero-order valence-corrected chi connectivity index (χ0v) is 25.7. The van der Waals surface area contributed by atoms with Crippen LogP contribution in [0.25, 0.3) is 5.57 Å². The van der Waals surface area contributed by atoms with Crippen LogP contribution in [0.5, 0.6) is 0 Å². The van der Waals surface area contributed by atoms with Crippen molar-refractivity contribution in [3.05, 3.63) is 101 Å². The number of rotatable bonds is 15. The number of benzene rings is 2. The standard InChI is InChI=1S/C36H45N3O3/c1-5-7-22-39(23-8-6-2)32-20-16-29(17-21-32)34-35(40)33(36(34)41)28-14-18-31(19-15-28)38(4)25-27-42-26-24-37(3)30-12-10-9-11-13-30/h9-21H,5-8,22-27H2,1-4H3/p+1. The quantitative estimate of drug-likeness (QED) is 0.149. The van der Waals surface area contributed by atoms with E-state index in [1.807, 2.05) is 61.7 Å². The molecule has 1 N–H and O–H groups in total. The minimum atomic E-state index is -0.107. The number of aliphatic hydroxyl groups is 1. The Hall–Kier alpha value is -3.90. The first-order chi connectivity index (χ1) is 20.4. The highest BCUT2D eigenvalue weighted by Gasteiger charge is 2.36. The van der Waals surface area contributed by atoms with E-state index < -0.39 is 0 Å². The molecule has 6 heteroatoms. The lowest BCUT2D eigenvalue weighted by Crippen LogP contribution is -2.26. The summed E-state index contributed by atoms with van der Waals surface area (Å²) < 4.78 is 8.00. The lowest BCUT2D eigenvalue weighted by molar-refractivity contribution is -0.499. The van der Waals surface area contributed by atoms with Crippen molar-refractivity contribution in [2.75, 3.05) is 63.3 Å². The van der Waals surface area contributed by atoms with E-state index in [0.29, 0.717) is 24.4 Å². The summed E-state index contributed by atoms with van der Waals surface area (Å²) >= 11 is 0. The van der Waals surface area contributed by atoms with E-state index in [0.717, 1.165) is 68.7 Å². The summed E-state index contributed by atoms with van der Waals surface area (Å²) in [4.78, 5) is 17.7. The van der Waals surface area contributed by atoms with Crippen molar-refractivity contribution < 1.29 is 19.2 Å². The number of ether oxygens (including phenoxy) is 1. The zero-order valence-electron chi connectivity index (χ0n) is 25.7. The van der Waals surface area contributed by atoms with Crippen molar-refractivity contribution >= 4 is 28.4 Å². The summed E-state index contributed by atoms with van der Waals surface area (Å²) in [6.07, 6.45) is 12.4. The minimum Gasteiger partial charge on any atom is -0.506 e. The zero-order chi connectivity index (χ0) is 29.9. The van der Waals surface area contributed by atoms with Crippen LogP contribution >= 0.6 is 0 Å². The summed E-state index contributed by atoms with van der Waals surface area (Å²) in [6, 6.07) is 18.3. The molecule has 2 aromatic rings. The number of anilines is 2. The molecule has 0 saturated carbocycles. The number of unbranched alkanes of at least 4 members (excludes halogenated alkanes) is 2. The SMILES string of the molecule is CCCCN(CCCC)c1ccc(C2=C(O)C(=C3C=CC(=[N+](C)CCOCCN(C)c4ccccc4)C=C3)C2=O)cc1. The fourth-order valence-electron chi connectivity index (χ4n) is 5.17. The molecule has 2 aliphatic rings. The molecule has 0 fully saturated rings. The highest BCUT2D eigenvalue weighted by molar-refractivity contribution is 6.39. The number of likely N-dealkylation sites (N-methyl/N-ethyl adjacent to an activating group) is 2. The monoisotopic (exact) mass is 568 g/mol. The molecule has 0 heterocycles. The molecule has 4 rings (SSSR count). The number of para-hydroxylation sites is 1. The first-order valence-corrected chi connectivity index (χ1v) is 15.3. The second-order valence-corrected chi connectivity index (χ2v) is 11.0. The van der Waals surface area contributed by atoms with Gasteiger partial charge in [-0.2, -0.15) is 0 Å². The second-order valence-electron chi connectivity index (χ2n) is 11.0. The average Bonchev–Trinajstić information content (AvgIpc) is 3.02. The first kappa shape index (κ1) is 31.0. The van der Waals surface area contributed by atoms with Gasteiger partial charge in [-0.05, 0) is 60.4 Å². The largest absolute Gasteiger partial charge is 0.506 e. The maximum atomic E-state index is 13.1. The molecule has 0 saturated heterocycles. The van der Waals surface area contributed by atoms with Crippen LogP contribution in [0.2, 0.25) is 0 Å². The van der Waals surface area contributed by atoms with Crippen molar-refractivity contribution in [2.45, 2.75) is 39.5 Å². The molecule has 0 atom stereocenters. The fraction of sp³-hybridized carbons (Fsp3) is 0.389. The van der Waals surface area contributed by atoms with Gasteiger partial charge >= 0.3 is 0 Å². The van der Waals surface area contributed by atoms with Gasteiger partial charge in [0.1, 0.15) is 19.4 Å². The third-order valence-electron chi connectivity index (χ3n) is 7.95. The van der Waals surface area contributed by atoms with Crippen molar-refractivity contribution in [3.8, 4) is 0 Å². The van der Waals surface area contributed by atoms with Crippen molar-refractivity contribution in [1.82, 2.24) is 0 Å². The van der Waals surface area contributed by atoms with E-state index in [4.69, 9.17) is 4.74 Å². The third-order valence-corrected chi connectivity index (χ3v) is 7.95. The molecule has 0 unspecified atom stereocenters. The molecule has 0 spiro atoms. The Labute approximate surface area is 251 Å². The molecule has 2 aromatic carbocycles. The number of carbonyl (C=O) groups excluding carboxylic acids is 1. The Morgan fingerprint density at radius 1 is 0.786 bits per heavy atom. The molecular weight excluding hydrogens is 522 g/mol. The first-order valence-electron chi connectivity index (χ1n) is 15.3. The number of carbonyl (C=O) groups is 1. The van der Waals surface area contributed by atoms with E-state index in [1.165, 1.54) is 11.4 Å².